The van der Waals surface area contributed by atoms with Crippen molar-refractivity contribution in [3.8, 4) is 0 Å². The molecule has 0 aliphatic rings. The Labute approximate surface area is 137 Å². The summed E-state index contributed by atoms with van der Waals surface area (Å²) in [5.41, 5.74) is 1.93. The van der Waals surface area contributed by atoms with Crippen LogP contribution in [0, 0.1) is 6.92 Å². The molecule has 0 aliphatic heterocycles. The molecule has 2 N–H and O–H groups in total. The minimum absolute atomic E-state index is 0.285. The van der Waals surface area contributed by atoms with Gasteiger partial charge >= 0.3 is 0 Å². The first kappa shape index (κ1) is 15.1. The number of hydrogen-bond donors (Lipinski definition) is 2. The van der Waals surface area contributed by atoms with Gasteiger partial charge < -0.3 is 15.2 Å². The van der Waals surface area contributed by atoms with Crippen molar-refractivity contribution in [1.29, 1.82) is 0 Å². The second-order valence-electron chi connectivity index (χ2n) is 4.84. The molecule has 0 saturated heterocycles. The van der Waals surface area contributed by atoms with Crippen LogP contribution >= 0.6 is 11.6 Å². The highest BCUT2D eigenvalue weighted by Crippen LogP contribution is 2.18. The summed E-state index contributed by atoms with van der Waals surface area (Å²) in [5, 5.41) is 10.2. The van der Waals surface area contributed by atoms with Crippen LogP contribution in [-0.2, 0) is 0 Å². The Morgan fingerprint density at radius 1 is 1.13 bits per heavy atom. The zero-order valence-corrected chi connectivity index (χ0v) is 13.0. The number of rotatable bonds is 4. The molecule has 23 heavy (non-hydrogen) atoms. The summed E-state index contributed by atoms with van der Waals surface area (Å²) in [6.07, 6.45) is 1.58. The zero-order valence-electron chi connectivity index (χ0n) is 12.2. The van der Waals surface area contributed by atoms with Gasteiger partial charge in [0.2, 0.25) is 0 Å². The molecule has 1 aromatic carbocycles. The number of nitrogens with zero attached hydrogens (tertiary/aromatic N) is 2. The van der Waals surface area contributed by atoms with E-state index in [0.29, 0.717) is 16.6 Å². The fourth-order valence-electron chi connectivity index (χ4n) is 1.91. The largest absolute Gasteiger partial charge is 0.360 e. The summed E-state index contributed by atoms with van der Waals surface area (Å²) >= 11 is 5.84. The topological polar surface area (TPSA) is 80.0 Å². The van der Waals surface area contributed by atoms with E-state index in [1.54, 1.807) is 43.5 Å². The van der Waals surface area contributed by atoms with Gasteiger partial charge in [-0.15, -0.1) is 0 Å². The Bertz CT molecular complexity index is 813. The number of benzene rings is 1. The number of aromatic nitrogens is 2. The third-order valence-electron chi connectivity index (χ3n) is 3.00. The van der Waals surface area contributed by atoms with Gasteiger partial charge in [-0.25, -0.2) is 4.98 Å². The molecule has 6 nitrogen and oxygen atoms in total. The highest BCUT2D eigenvalue weighted by molar-refractivity contribution is 6.30. The van der Waals surface area contributed by atoms with Crippen molar-refractivity contribution in [1.82, 2.24) is 10.1 Å². The van der Waals surface area contributed by atoms with E-state index in [2.05, 4.69) is 20.8 Å². The van der Waals surface area contributed by atoms with E-state index in [9.17, 15) is 4.79 Å². The van der Waals surface area contributed by atoms with Crippen molar-refractivity contribution in [2.75, 3.05) is 10.6 Å². The van der Waals surface area contributed by atoms with Gasteiger partial charge in [-0.1, -0.05) is 16.8 Å². The third-order valence-corrected chi connectivity index (χ3v) is 3.25. The fraction of sp³-hybridized carbons (Fsp3) is 0.0625. The second-order valence-corrected chi connectivity index (χ2v) is 5.28. The fourth-order valence-corrected chi connectivity index (χ4v) is 2.03. The molecule has 0 aliphatic carbocycles. The van der Waals surface area contributed by atoms with Gasteiger partial charge in [-0.3, -0.25) is 4.79 Å². The molecule has 116 valence electrons. The van der Waals surface area contributed by atoms with Gasteiger partial charge in [-0.2, -0.15) is 0 Å². The molecule has 1 amide bonds. The first-order chi connectivity index (χ1) is 11.1. The van der Waals surface area contributed by atoms with Crippen LogP contribution in [0.1, 0.15) is 16.2 Å². The number of carbonyl (C=O) groups is 1. The maximum absolute atomic E-state index is 12.0. The lowest BCUT2D eigenvalue weighted by Crippen LogP contribution is -2.13. The minimum Gasteiger partial charge on any atom is -0.360 e. The normalized spacial score (nSPS) is 10.3. The number of halogens is 1. The lowest BCUT2D eigenvalue weighted by Gasteiger charge is -2.07. The molecule has 0 unspecified atom stereocenters. The molecule has 0 radical (unpaired) electrons. The Morgan fingerprint density at radius 3 is 2.48 bits per heavy atom. The third kappa shape index (κ3) is 3.87. The Morgan fingerprint density at radius 2 is 1.87 bits per heavy atom. The average Bonchev–Trinajstić information content (AvgIpc) is 2.95. The standard InChI is InChI=1S/C16H13ClN4O2/c1-10-8-15(21-23-10)20-16(22)14-7-6-13(9-18-14)19-12-4-2-11(17)3-5-12/h2-9,19H,1H3,(H,20,21,22). The number of hydrogen-bond acceptors (Lipinski definition) is 5. The molecule has 2 heterocycles. The van der Waals surface area contributed by atoms with Crippen LogP contribution in [0.4, 0.5) is 17.2 Å². The molecule has 3 rings (SSSR count). The number of nitrogens with one attached hydrogen (secondary N) is 2. The monoisotopic (exact) mass is 328 g/mol. The van der Waals surface area contributed by atoms with E-state index in [-0.39, 0.29) is 11.6 Å². The van der Waals surface area contributed by atoms with Gasteiger partial charge in [0.15, 0.2) is 5.82 Å². The SMILES string of the molecule is Cc1cc(NC(=O)c2ccc(Nc3ccc(Cl)cc3)cn2)no1. The van der Waals surface area contributed by atoms with Gasteiger partial charge in [0.1, 0.15) is 11.5 Å². The summed E-state index contributed by atoms with van der Waals surface area (Å²) in [4.78, 5) is 16.2. The van der Waals surface area contributed by atoms with E-state index in [0.717, 1.165) is 11.4 Å². The van der Waals surface area contributed by atoms with E-state index in [1.807, 2.05) is 12.1 Å². The van der Waals surface area contributed by atoms with Crippen molar-refractivity contribution < 1.29 is 9.32 Å². The second kappa shape index (κ2) is 6.50. The van der Waals surface area contributed by atoms with Gasteiger partial charge in [0.05, 0.1) is 11.9 Å². The van der Waals surface area contributed by atoms with Crippen LogP contribution < -0.4 is 10.6 Å². The highest BCUT2D eigenvalue weighted by atomic mass is 35.5. The van der Waals surface area contributed by atoms with E-state index < -0.39 is 0 Å². The minimum atomic E-state index is -0.351. The molecular formula is C16H13ClN4O2. The zero-order chi connectivity index (χ0) is 16.2. The molecular weight excluding hydrogens is 316 g/mol. The maximum Gasteiger partial charge on any atom is 0.275 e. The van der Waals surface area contributed by atoms with Crippen molar-refractivity contribution in [3.05, 3.63) is 65.1 Å². The number of amides is 1. The first-order valence-electron chi connectivity index (χ1n) is 6.83. The Kier molecular flexibility index (Phi) is 4.25. The lowest BCUT2D eigenvalue weighted by atomic mass is 10.3. The van der Waals surface area contributed by atoms with Crippen molar-refractivity contribution in [2.24, 2.45) is 0 Å². The van der Waals surface area contributed by atoms with Crippen LogP contribution in [0.2, 0.25) is 5.02 Å². The summed E-state index contributed by atoms with van der Waals surface area (Å²) in [5.74, 6) is 0.629. The van der Waals surface area contributed by atoms with Gasteiger partial charge in [-0.05, 0) is 43.3 Å². The van der Waals surface area contributed by atoms with Crippen LogP contribution in [0.3, 0.4) is 0 Å². The number of carbonyl (C=O) groups excluding carboxylic acids is 1. The predicted molar refractivity (Wildman–Crippen MR) is 88.2 cm³/mol. The summed E-state index contributed by atoms with van der Waals surface area (Å²) in [6.45, 7) is 1.75. The van der Waals surface area contributed by atoms with Crippen LogP contribution in [0.25, 0.3) is 0 Å². The molecule has 7 heteroatoms. The summed E-state index contributed by atoms with van der Waals surface area (Å²) < 4.78 is 4.89. The van der Waals surface area contributed by atoms with Crippen LogP contribution in [0.5, 0.6) is 0 Å². The average molecular weight is 329 g/mol. The number of anilines is 3. The smallest absolute Gasteiger partial charge is 0.275 e. The summed E-state index contributed by atoms with van der Waals surface area (Å²) in [7, 11) is 0. The van der Waals surface area contributed by atoms with Gasteiger partial charge in [0.25, 0.3) is 5.91 Å². The van der Waals surface area contributed by atoms with E-state index in [1.165, 1.54) is 0 Å². The van der Waals surface area contributed by atoms with Crippen molar-refractivity contribution in [3.63, 3.8) is 0 Å². The van der Waals surface area contributed by atoms with Crippen LogP contribution in [0.15, 0.2) is 53.2 Å². The molecule has 0 saturated carbocycles. The molecule has 2 aromatic heterocycles. The highest BCUT2D eigenvalue weighted by Gasteiger charge is 2.10. The first-order valence-corrected chi connectivity index (χ1v) is 7.21. The lowest BCUT2D eigenvalue weighted by molar-refractivity contribution is 0.102. The van der Waals surface area contributed by atoms with Crippen molar-refractivity contribution >= 4 is 34.7 Å². The van der Waals surface area contributed by atoms with E-state index in [4.69, 9.17) is 16.1 Å². The predicted octanol–water partition coefficient (Wildman–Crippen LogP) is 4.03. The Hall–Kier alpha value is -2.86. The molecule has 0 atom stereocenters. The molecule has 0 bridgehead atoms. The number of pyridine rings is 1. The number of aryl methyl sites for hydroxylation is 1. The maximum atomic E-state index is 12.0. The quantitative estimate of drug-likeness (QED) is 0.756. The van der Waals surface area contributed by atoms with Gasteiger partial charge in [0, 0.05) is 16.8 Å². The van der Waals surface area contributed by atoms with Crippen molar-refractivity contribution in [2.45, 2.75) is 6.92 Å². The molecule has 0 fully saturated rings. The molecule has 3 aromatic rings. The van der Waals surface area contributed by atoms with Crippen LogP contribution in [-0.4, -0.2) is 16.0 Å². The molecule has 0 spiro atoms. The Balaban J connectivity index is 1.66. The summed E-state index contributed by atoms with van der Waals surface area (Å²) in [6, 6.07) is 12.3. The van der Waals surface area contributed by atoms with E-state index >= 15 is 0 Å².